The summed E-state index contributed by atoms with van der Waals surface area (Å²) in [4.78, 5) is 12.7. The molecule has 1 aliphatic carbocycles. The van der Waals surface area contributed by atoms with Crippen LogP contribution in [0.1, 0.15) is 24.8 Å². The second-order valence-corrected chi connectivity index (χ2v) is 5.34. The van der Waals surface area contributed by atoms with Crippen molar-refractivity contribution in [2.75, 3.05) is 13.6 Å². The Kier molecular flexibility index (Phi) is 4.50. The van der Waals surface area contributed by atoms with Crippen LogP contribution in [-0.4, -0.2) is 29.5 Å². The molecule has 0 aromatic heterocycles. The lowest BCUT2D eigenvalue weighted by atomic mass is 10.0. The van der Waals surface area contributed by atoms with Gasteiger partial charge in [-0.2, -0.15) is 0 Å². The van der Waals surface area contributed by atoms with Crippen LogP contribution in [0.4, 0.5) is 5.69 Å². The zero-order valence-electron chi connectivity index (χ0n) is 11.3. The van der Waals surface area contributed by atoms with Gasteiger partial charge in [-0.05, 0) is 37.9 Å². The van der Waals surface area contributed by atoms with Crippen LogP contribution in [0.5, 0.6) is 0 Å². The van der Waals surface area contributed by atoms with Crippen LogP contribution in [0.25, 0.3) is 0 Å². The summed E-state index contributed by atoms with van der Waals surface area (Å²) in [5.74, 6) is 0.559. The summed E-state index contributed by atoms with van der Waals surface area (Å²) in [7, 11) is 2.08. The van der Waals surface area contributed by atoms with Gasteiger partial charge in [-0.25, -0.2) is 0 Å². The van der Waals surface area contributed by atoms with Gasteiger partial charge in [-0.1, -0.05) is 18.6 Å². The van der Waals surface area contributed by atoms with Gasteiger partial charge in [0.05, 0.1) is 4.92 Å². The molecule has 1 saturated carbocycles. The van der Waals surface area contributed by atoms with E-state index in [1.54, 1.807) is 12.1 Å². The van der Waals surface area contributed by atoms with Gasteiger partial charge < -0.3 is 5.73 Å². The average Bonchev–Trinajstić information content (AvgIpc) is 2.87. The summed E-state index contributed by atoms with van der Waals surface area (Å²) < 4.78 is 0. The van der Waals surface area contributed by atoms with Gasteiger partial charge >= 0.3 is 0 Å². The van der Waals surface area contributed by atoms with Gasteiger partial charge in [0.2, 0.25) is 0 Å². The van der Waals surface area contributed by atoms with E-state index >= 15 is 0 Å². The Morgan fingerprint density at radius 1 is 1.47 bits per heavy atom. The van der Waals surface area contributed by atoms with Gasteiger partial charge in [0, 0.05) is 24.7 Å². The van der Waals surface area contributed by atoms with Crippen LogP contribution in [0.15, 0.2) is 24.3 Å². The predicted molar refractivity (Wildman–Crippen MR) is 74.7 cm³/mol. The molecule has 0 radical (unpaired) electrons. The highest BCUT2D eigenvalue weighted by Gasteiger charge is 2.29. The minimum absolute atomic E-state index is 0.160. The summed E-state index contributed by atoms with van der Waals surface area (Å²) in [5.41, 5.74) is 6.95. The first-order chi connectivity index (χ1) is 9.11. The molecule has 1 aromatic rings. The van der Waals surface area contributed by atoms with E-state index < -0.39 is 0 Å². The SMILES string of the molecule is CN(Cc1cccc([N+](=O)[O-])c1)C1CCCC1CN. The number of nitro groups is 1. The van der Waals surface area contributed by atoms with Gasteiger partial charge in [-0.15, -0.1) is 0 Å². The number of rotatable bonds is 5. The van der Waals surface area contributed by atoms with Crippen molar-refractivity contribution in [1.29, 1.82) is 0 Å². The first-order valence-corrected chi connectivity index (χ1v) is 6.75. The molecule has 0 saturated heterocycles. The minimum Gasteiger partial charge on any atom is -0.330 e. The van der Waals surface area contributed by atoms with Crippen molar-refractivity contribution in [3.8, 4) is 0 Å². The number of nitro benzene ring substituents is 1. The molecule has 0 spiro atoms. The topological polar surface area (TPSA) is 72.4 Å². The lowest BCUT2D eigenvalue weighted by Gasteiger charge is -2.29. The smallest absolute Gasteiger partial charge is 0.269 e. The van der Waals surface area contributed by atoms with Crippen molar-refractivity contribution in [2.24, 2.45) is 11.7 Å². The lowest BCUT2D eigenvalue weighted by molar-refractivity contribution is -0.384. The Balaban J connectivity index is 2.04. The van der Waals surface area contributed by atoms with E-state index in [0.29, 0.717) is 12.0 Å². The molecular weight excluding hydrogens is 242 g/mol. The van der Waals surface area contributed by atoms with Gasteiger partial charge in [0.15, 0.2) is 0 Å². The third-order valence-corrected chi connectivity index (χ3v) is 4.04. The van der Waals surface area contributed by atoms with Crippen LogP contribution in [0.3, 0.4) is 0 Å². The van der Waals surface area contributed by atoms with Gasteiger partial charge in [0.1, 0.15) is 0 Å². The molecular formula is C14H21N3O2. The second kappa shape index (κ2) is 6.12. The molecule has 5 heteroatoms. The third-order valence-electron chi connectivity index (χ3n) is 4.04. The molecule has 0 amide bonds. The van der Waals surface area contributed by atoms with Crippen molar-refractivity contribution in [1.82, 2.24) is 4.90 Å². The highest BCUT2D eigenvalue weighted by atomic mass is 16.6. The van der Waals surface area contributed by atoms with Gasteiger partial charge in [0.25, 0.3) is 5.69 Å². The fourth-order valence-corrected chi connectivity index (χ4v) is 3.05. The molecule has 19 heavy (non-hydrogen) atoms. The van der Waals surface area contributed by atoms with E-state index in [0.717, 1.165) is 18.7 Å². The standard InChI is InChI=1S/C14H21N3O2/c1-16(14-7-3-5-12(14)9-15)10-11-4-2-6-13(8-11)17(18)19/h2,4,6,8,12,14H,3,5,7,9-10,15H2,1H3. The monoisotopic (exact) mass is 263 g/mol. The zero-order valence-corrected chi connectivity index (χ0v) is 11.3. The number of nitrogens with two attached hydrogens (primary N) is 1. The van der Waals surface area contributed by atoms with E-state index in [9.17, 15) is 10.1 Å². The number of hydrogen-bond donors (Lipinski definition) is 1. The Hall–Kier alpha value is -1.46. The summed E-state index contributed by atoms with van der Waals surface area (Å²) >= 11 is 0. The van der Waals surface area contributed by atoms with Crippen molar-refractivity contribution >= 4 is 5.69 Å². The maximum Gasteiger partial charge on any atom is 0.269 e. The number of benzene rings is 1. The number of hydrogen-bond acceptors (Lipinski definition) is 4. The summed E-state index contributed by atoms with van der Waals surface area (Å²) in [6.45, 7) is 1.47. The molecule has 0 heterocycles. The van der Waals surface area contributed by atoms with Crippen LogP contribution >= 0.6 is 0 Å². The lowest BCUT2D eigenvalue weighted by Crippen LogP contribution is -2.37. The predicted octanol–water partition coefficient (Wildman–Crippen LogP) is 2.15. The molecule has 2 rings (SSSR count). The highest BCUT2D eigenvalue weighted by molar-refractivity contribution is 5.34. The van der Waals surface area contributed by atoms with E-state index in [1.165, 1.54) is 25.3 Å². The van der Waals surface area contributed by atoms with Crippen molar-refractivity contribution in [3.05, 3.63) is 39.9 Å². The van der Waals surface area contributed by atoms with E-state index in [2.05, 4.69) is 11.9 Å². The Labute approximate surface area is 113 Å². The van der Waals surface area contributed by atoms with E-state index in [1.807, 2.05) is 6.07 Å². The van der Waals surface area contributed by atoms with Crippen molar-refractivity contribution in [2.45, 2.75) is 31.8 Å². The maximum absolute atomic E-state index is 10.8. The summed E-state index contributed by atoms with van der Waals surface area (Å²) in [6.07, 6.45) is 3.60. The van der Waals surface area contributed by atoms with Crippen LogP contribution in [0.2, 0.25) is 0 Å². The average molecular weight is 263 g/mol. The molecule has 1 aliphatic rings. The third kappa shape index (κ3) is 3.30. The molecule has 104 valence electrons. The number of non-ortho nitro benzene ring substituents is 1. The quantitative estimate of drug-likeness (QED) is 0.652. The minimum atomic E-state index is -0.345. The first-order valence-electron chi connectivity index (χ1n) is 6.75. The normalized spacial score (nSPS) is 22.9. The van der Waals surface area contributed by atoms with Crippen LogP contribution in [0, 0.1) is 16.0 Å². The molecule has 1 fully saturated rings. The Morgan fingerprint density at radius 2 is 2.26 bits per heavy atom. The van der Waals surface area contributed by atoms with Crippen LogP contribution in [-0.2, 0) is 6.54 Å². The maximum atomic E-state index is 10.8. The fraction of sp³-hybridized carbons (Fsp3) is 0.571. The summed E-state index contributed by atoms with van der Waals surface area (Å²) in [5, 5.41) is 10.8. The van der Waals surface area contributed by atoms with E-state index in [4.69, 9.17) is 5.73 Å². The molecule has 0 aliphatic heterocycles. The second-order valence-electron chi connectivity index (χ2n) is 5.34. The molecule has 1 aromatic carbocycles. The highest BCUT2D eigenvalue weighted by Crippen LogP contribution is 2.29. The van der Waals surface area contributed by atoms with Gasteiger partial charge in [-0.3, -0.25) is 15.0 Å². The molecule has 2 unspecified atom stereocenters. The molecule has 2 N–H and O–H groups in total. The van der Waals surface area contributed by atoms with Crippen LogP contribution < -0.4 is 5.73 Å². The largest absolute Gasteiger partial charge is 0.330 e. The van der Waals surface area contributed by atoms with Crippen molar-refractivity contribution in [3.63, 3.8) is 0 Å². The Bertz CT molecular complexity index is 450. The molecule has 0 bridgehead atoms. The first kappa shape index (κ1) is 14.0. The van der Waals surface area contributed by atoms with E-state index in [-0.39, 0.29) is 10.6 Å². The fourth-order valence-electron chi connectivity index (χ4n) is 3.05. The Morgan fingerprint density at radius 3 is 2.95 bits per heavy atom. The summed E-state index contributed by atoms with van der Waals surface area (Å²) in [6, 6.07) is 7.38. The molecule has 5 nitrogen and oxygen atoms in total. The van der Waals surface area contributed by atoms with Crippen molar-refractivity contribution < 1.29 is 4.92 Å². The zero-order chi connectivity index (χ0) is 13.8. The molecule has 2 atom stereocenters. The number of nitrogens with zero attached hydrogens (tertiary/aromatic N) is 2.